The van der Waals surface area contributed by atoms with Crippen LogP contribution in [0.2, 0.25) is 0 Å². The molecule has 1 heterocycles. The quantitative estimate of drug-likeness (QED) is 0.737. The molecule has 86 valence electrons. The van der Waals surface area contributed by atoms with Crippen LogP contribution in [0.3, 0.4) is 0 Å². The molecule has 0 fully saturated rings. The number of aromatic nitrogens is 2. The van der Waals surface area contributed by atoms with Gasteiger partial charge in [-0.3, -0.25) is 0 Å². The third-order valence-electron chi connectivity index (χ3n) is 2.57. The molecule has 0 aliphatic rings. The summed E-state index contributed by atoms with van der Waals surface area (Å²) >= 11 is 0. The van der Waals surface area contributed by atoms with Gasteiger partial charge in [0, 0.05) is 37.5 Å². The van der Waals surface area contributed by atoms with Gasteiger partial charge < -0.3 is 15.0 Å². The van der Waals surface area contributed by atoms with E-state index in [0.29, 0.717) is 12.0 Å². The molecule has 1 aromatic rings. The van der Waals surface area contributed by atoms with Crippen molar-refractivity contribution in [3.8, 4) is 0 Å². The monoisotopic (exact) mass is 211 g/mol. The van der Waals surface area contributed by atoms with E-state index in [1.807, 2.05) is 19.4 Å². The van der Waals surface area contributed by atoms with Crippen LogP contribution in [-0.2, 0) is 6.54 Å². The van der Waals surface area contributed by atoms with Crippen molar-refractivity contribution in [3.05, 3.63) is 18.2 Å². The van der Waals surface area contributed by atoms with Gasteiger partial charge in [0.05, 0.1) is 0 Å². The van der Waals surface area contributed by atoms with E-state index in [0.717, 1.165) is 18.8 Å². The van der Waals surface area contributed by atoms with Crippen molar-refractivity contribution < 1.29 is 5.11 Å². The summed E-state index contributed by atoms with van der Waals surface area (Å²) in [7, 11) is 1.92. The van der Waals surface area contributed by atoms with E-state index in [4.69, 9.17) is 5.11 Å². The Hall–Kier alpha value is -0.870. The number of hydrogen-bond acceptors (Lipinski definition) is 3. The molecule has 1 atom stereocenters. The van der Waals surface area contributed by atoms with Gasteiger partial charge in [-0.1, -0.05) is 13.8 Å². The molecule has 4 nitrogen and oxygen atoms in total. The largest absolute Gasteiger partial charge is 0.396 e. The molecule has 0 spiro atoms. The number of rotatable bonds is 6. The Balaban J connectivity index is 2.65. The van der Waals surface area contributed by atoms with Crippen molar-refractivity contribution in [2.45, 2.75) is 38.8 Å². The van der Waals surface area contributed by atoms with E-state index in [1.54, 1.807) is 0 Å². The lowest BCUT2D eigenvalue weighted by Gasteiger charge is -2.18. The maximum Gasteiger partial charge on any atom is 0.111 e. The van der Waals surface area contributed by atoms with Crippen LogP contribution in [0.5, 0.6) is 0 Å². The lowest BCUT2D eigenvalue weighted by atomic mass is 10.2. The fraction of sp³-hybridized carbons (Fsp3) is 0.727. The topological polar surface area (TPSA) is 50.1 Å². The van der Waals surface area contributed by atoms with Crippen molar-refractivity contribution in [2.75, 3.05) is 13.7 Å². The van der Waals surface area contributed by atoms with Crippen molar-refractivity contribution in [1.82, 2.24) is 14.9 Å². The molecule has 0 bridgehead atoms. The van der Waals surface area contributed by atoms with Crippen LogP contribution in [0.4, 0.5) is 0 Å². The number of nitrogens with one attached hydrogen (secondary N) is 1. The maximum absolute atomic E-state index is 8.91. The van der Waals surface area contributed by atoms with Crippen LogP contribution in [-0.4, -0.2) is 34.4 Å². The molecule has 0 amide bonds. The predicted molar refractivity (Wildman–Crippen MR) is 60.9 cm³/mol. The number of nitrogens with zero attached hydrogens (tertiary/aromatic N) is 2. The number of hydrogen-bond donors (Lipinski definition) is 2. The Kier molecular flexibility index (Phi) is 4.78. The smallest absolute Gasteiger partial charge is 0.111 e. The van der Waals surface area contributed by atoms with Gasteiger partial charge in [-0.25, -0.2) is 4.98 Å². The second-order valence-electron chi connectivity index (χ2n) is 4.09. The number of aliphatic hydroxyl groups is 1. The number of aliphatic hydroxyl groups excluding tert-OH is 1. The summed E-state index contributed by atoms with van der Waals surface area (Å²) in [6, 6.07) is 0.307. The zero-order chi connectivity index (χ0) is 11.3. The van der Waals surface area contributed by atoms with Gasteiger partial charge in [-0.05, 0) is 13.5 Å². The predicted octanol–water partition coefficient (Wildman–Crippen LogP) is 0.977. The molecular weight excluding hydrogens is 190 g/mol. The first-order valence-electron chi connectivity index (χ1n) is 5.48. The molecule has 0 saturated heterocycles. The minimum absolute atomic E-state index is 0.219. The molecular formula is C11H21N3O. The lowest BCUT2D eigenvalue weighted by molar-refractivity contribution is 0.259. The van der Waals surface area contributed by atoms with E-state index >= 15 is 0 Å². The molecule has 0 aliphatic heterocycles. The summed E-state index contributed by atoms with van der Waals surface area (Å²) in [5.41, 5.74) is 0. The fourth-order valence-electron chi connectivity index (χ4n) is 1.70. The van der Waals surface area contributed by atoms with E-state index < -0.39 is 0 Å². The first kappa shape index (κ1) is 12.2. The van der Waals surface area contributed by atoms with Crippen LogP contribution in [0.25, 0.3) is 0 Å². The Morgan fingerprint density at radius 2 is 2.27 bits per heavy atom. The normalized spacial score (nSPS) is 13.4. The summed E-state index contributed by atoms with van der Waals surface area (Å²) in [5, 5.41) is 12.1. The van der Waals surface area contributed by atoms with Gasteiger partial charge in [0.15, 0.2) is 0 Å². The summed E-state index contributed by atoms with van der Waals surface area (Å²) in [6.45, 7) is 5.36. The van der Waals surface area contributed by atoms with Crippen molar-refractivity contribution in [1.29, 1.82) is 0 Å². The van der Waals surface area contributed by atoms with Gasteiger partial charge in [0.2, 0.25) is 0 Å². The van der Waals surface area contributed by atoms with Crippen LogP contribution in [0, 0.1) is 0 Å². The van der Waals surface area contributed by atoms with E-state index in [2.05, 4.69) is 28.7 Å². The summed E-state index contributed by atoms with van der Waals surface area (Å²) in [4.78, 5) is 4.34. The summed E-state index contributed by atoms with van der Waals surface area (Å²) in [5.74, 6) is 1.54. The zero-order valence-electron chi connectivity index (χ0n) is 9.77. The Bertz CT molecular complexity index is 283. The molecule has 1 rings (SSSR count). The molecule has 0 radical (unpaired) electrons. The second-order valence-corrected chi connectivity index (χ2v) is 4.09. The first-order valence-corrected chi connectivity index (χ1v) is 5.48. The number of likely N-dealkylation sites (N-methyl/N-ethyl adjacent to an activating group) is 1. The van der Waals surface area contributed by atoms with E-state index in [1.165, 1.54) is 0 Å². The summed E-state index contributed by atoms with van der Waals surface area (Å²) < 4.78 is 2.15. The third-order valence-corrected chi connectivity index (χ3v) is 2.57. The van der Waals surface area contributed by atoms with Gasteiger partial charge in [0.1, 0.15) is 5.82 Å². The highest BCUT2D eigenvalue weighted by Gasteiger charge is 2.11. The van der Waals surface area contributed by atoms with Gasteiger partial charge in [-0.2, -0.15) is 0 Å². The molecule has 0 saturated carbocycles. The number of imidazole rings is 1. The molecule has 0 aliphatic carbocycles. The van der Waals surface area contributed by atoms with Crippen LogP contribution < -0.4 is 5.32 Å². The van der Waals surface area contributed by atoms with Gasteiger partial charge >= 0.3 is 0 Å². The van der Waals surface area contributed by atoms with Crippen LogP contribution in [0.1, 0.15) is 32.0 Å². The molecule has 1 unspecified atom stereocenters. The first-order chi connectivity index (χ1) is 7.19. The van der Waals surface area contributed by atoms with E-state index in [-0.39, 0.29) is 6.61 Å². The second kappa shape index (κ2) is 5.88. The Labute approximate surface area is 91.3 Å². The molecule has 4 heteroatoms. The average Bonchev–Trinajstić information content (AvgIpc) is 2.65. The van der Waals surface area contributed by atoms with Crippen LogP contribution in [0.15, 0.2) is 12.4 Å². The Morgan fingerprint density at radius 3 is 2.80 bits per heavy atom. The standard InChI is InChI=1S/C11H21N3O/c1-9(2)11-13-5-6-14(11)8-10(12-3)4-7-15/h5-6,9-10,12,15H,4,7-8H2,1-3H3. The SMILES string of the molecule is CNC(CCO)Cn1ccnc1C(C)C. The zero-order valence-corrected chi connectivity index (χ0v) is 9.77. The van der Waals surface area contributed by atoms with Crippen molar-refractivity contribution in [3.63, 3.8) is 0 Å². The minimum atomic E-state index is 0.219. The van der Waals surface area contributed by atoms with Gasteiger partial charge in [0.25, 0.3) is 0 Å². The third kappa shape index (κ3) is 3.32. The maximum atomic E-state index is 8.91. The van der Waals surface area contributed by atoms with Gasteiger partial charge in [-0.15, -0.1) is 0 Å². The minimum Gasteiger partial charge on any atom is -0.396 e. The lowest BCUT2D eigenvalue weighted by Crippen LogP contribution is -2.31. The molecule has 2 N–H and O–H groups in total. The highest BCUT2D eigenvalue weighted by atomic mass is 16.3. The Morgan fingerprint density at radius 1 is 1.53 bits per heavy atom. The highest BCUT2D eigenvalue weighted by molar-refractivity contribution is 4.98. The highest BCUT2D eigenvalue weighted by Crippen LogP contribution is 2.12. The molecule has 1 aromatic heterocycles. The van der Waals surface area contributed by atoms with Crippen molar-refractivity contribution >= 4 is 0 Å². The fourth-order valence-corrected chi connectivity index (χ4v) is 1.70. The summed E-state index contributed by atoms with van der Waals surface area (Å²) in [6.07, 6.45) is 4.60. The molecule has 15 heavy (non-hydrogen) atoms. The van der Waals surface area contributed by atoms with Crippen LogP contribution >= 0.6 is 0 Å². The van der Waals surface area contributed by atoms with Crippen molar-refractivity contribution in [2.24, 2.45) is 0 Å². The molecule has 0 aromatic carbocycles. The average molecular weight is 211 g/mol. The van der Waals surface area contributed by atoms with E-state index in [9.17, 15) is 0 Å².